The van der Waals surface area contributed by atoms with Crippen LogP contribution in [-0.2, 0) is 9.59 Å². The Labute approximate surface area is 129 Å². The molecule has 0 spiro atoms. The smallest absolute Gasteiger partial charge is 0.325 e. The van der Waals surface area contributed by atoms with Crippen LogP contribution >= 0.6 is 15.9 Å². The second-order valence-electron chi connectivity index (χ2n) is 4.09. The number of aliphatic carboxylic acids is 1. The summed E-state index contributed by atoms with van der Waals surface area (Å²) in [6, 6.07) is 4.34. The van der Waals surface area contributed by atoms with Gasteiger partial charge in [-0.1, -0.05) is 15.9 Å². The Bertz CT molecular complexity index is 547. The molecule has 0 bridgehead atoms. The fraction of sp³-hybridized carbons (Fsp3) is 0.308. The molecule has 0 heterocycles. The number of nitrogens with one attached hydrogen (secondary N) is 2. The van der Waals surface area contributed by atoms with Gasteiger partial charge in [0.05, 0.1) is 12.8 Å². The zero-order valence-electron chi connectivity index (χ0n) is 11.3. The molecular weight excluding hydrogens is 344 g/mol. The molecule has 0 aliphatic rings. The molecule has 0 aliphatic heterocycles. The average molecular weight is 359 g/mol. The van der Waals surface area contributed by atoms with Crippen LogP contribution in [-0.4, -0.2) is 30.1 Å². The highest BCUT2D eigenvalue weighted by Gasteiger charge is 2.11. The number of benzene rings is 1. The van der Waals surface area contributed by atoms with Gasteiger partial charge in [0.25, 0.3) is 0 Å². The largest absolute Gasteiger partial charge is 0.495 e. The van der Waals surface area contributed by atoms with E-state index < -0.39 is 17.9 Å². The number of hydrogen-bond donors (Lipinski definition) is 3. The summed E-state index contributed by atoms with van der Waals surface area (Å²) >= 11 is 3.26. The first kappa shape index (κ1) is 17.0. The number of rotatable bonds is 6. The third-order valence-electron chi connectivity index (χ3n) is 2.46. The molecule has 21 heavy (non-hydrogen) atoms. The molecule has 0 radical (unpaired) electrons. The number of imide groups is 1. The maximum Gasteiger partial charge on any atom is 0.325 e. The lowest BCUT2D eigenvalue weighted by Gasteiger charge is -2.11. The lowest BCUT2D eigenvalue weighted by atomic mass is 10.2. The van der Waals surface area contributed by atoms with Crippen LogP contribution in [0.25, 0.3) is 0 Å². The summed E-state index contributed by atoms with van der Waals surface area (Å²) in [6.07, 6.45) is 0.0263. The van der Waals surface area contributed by atoms with Gasteiger partial charge in [-0.15, -0.1) is 0 Å². The predicted molar refractivity (Wildman–Crippen MR) is 79.3 cm³/mol. The molecule has 3 amide bonds. The Morgan fingerprint density at radius 1 is 1.29 bits per heavy atom. The molecule has 0 aliphatic carbocycles. The number of carbonyl (C=O) groups is 3. The number of carbonyl (C=O) groups excluding carboxylic acids is 2. The maximum absolute atomic E-state index is 11.7. The molecule has 0 fully saturated rings. The van der Waals surface area contributed by atoms with Crippen molar-refractivity contribution in [3.63, 3.8) is 0 Å². The SMILES string of the molecule is COc1ccc(Br)cc1NC(=O)NC(=O)CCCC(=O)O. The molecule has 1 rings (SSSR count). The lowest BCUT2D eigenvalue weighted by molar-refractivity contribution is -0.137. The van der Waals surface area contributed by atoms with Crippen molar-refractivity contribution in [2.45, 2.75) is 19.3 Å². The first-order chi connectivity index (χ1) is 9.92. The summed E-state index contributed by atoms with van der Waals surface area (Å²) in [4.78, 5) is 33.4. The van der Waals surface area contributed by atoms with Crippen LogP contribution in [0.2, 0.25) is 0 Å². The normalized spacial score (nSPS) is 9.81. The zero-order chi connectivity index (χ0) is 15.8. The van der Waals surface area contributed by atoms with Crippen molar-refractivity contribution in [3.8, 4) is 5.75 Å². The van der Waals surface area contributed by atoms with E-state index in [1.807, 2.05) is 0 Å². The number of anilines is 1. The van der Waals surface area contributed by atoms with Crippen molar-refractivity contribution in [3.05, 3.63) is 22.7 Å². The number of hydrogen-bond acceptors (Lipinski definition) is 4. The topological polar surface area (TPSA) is 105 Å². The highest BCUT2D eigenvalue weighted by atomic mass is 79.9. The van der Waals surface area contributed by atoms with E-state index in [0.29, 0.717) is 11.4 Å². The molecule has 1 aromatic carbocycles. The van der Waals surface area contributed by atoms with E-state index in [0.717, 1.165) is 4.47 Å². The van der Waals surface area contributed by atoms with Crippen molar-refractivity contribution in [1.29, 1.82) is 0 Å². The van der Waals surface area contributed by atoms with Crippen LogP contribution < -0.4 is 15.4 Å². The van der Waals surface area contributed by atoms with Crippen LogP contribution in [0.3, 0.4) is 0 Å². The van der Waals surface area contributed by atoms with Crippen molar-refractivity contribution in [2.24, 2.45) is 0 Å². The molecular formula is C13H15BrN2O5. The van der Waals surface area contributed by atoms with Gasteiger partial charge in [-0.25, -0.2) is 4.79 Å². The predicted octanol–water partition coefficient (Wildman–Crippen LogP) is 2.36. The highest BCUT2D eigenvalue weighted by molar-refractivity contribution is 9.10. The summed E-state index contributed by atoms with van der Waals surface area (Å²) in [6.45, 7) is 0. The number of ether oxygens (including phenoxy) is 1. The number of halogens is 1. The van der Waals surface area contributed by atoms with Crippen molar-refractivity contribution in [1.82, 2.24) is 5.32 Å². The molecule has 8 heteroatoms. The molecule has 1 aromatic rings. The quantitative estimate of drug-likeness (QED) is 0.723. The Morgan fingerprint density at radius 3 is 2.62 bits per heavy atom. The first-order valence-electron chi connectivity index (χ1n) is 6.08. The second kappa shape index (κ2) is 8.25. The van der Waals surface area contributed by atoms with Gasteiger partial charge in [0.2, 0.25) is 5.91 Å². The van der Waals surface area contributed by atoms with E-state index >= 15 is 0 Å². The van der Waals surface area contributed by atoms with Gasteiger partial charge in [0.15, 0.2) is 0 Å². The van der Waals surface area contributed by atoms with Gasteiger partial charge in [0.1, 0.15) is 5.75 Å². The summed E-state index contributed by atoms with van der Waals surface area (Å²) in [7, 11) is 1.46. The van der Waals surface area contributed by atoms with Gasteiger partial charge >= 0.3 is 12.0 Å². The highest BCUT2D eigenvalue weighted by Crippen LogP contribution is 2.27. The number of urea groups is 1. The monoisotopic (exact) mass is 358 g/mol. The van der Waals surface area contributed by atoms with E-state index in [4.69, 9.17) is 9.84 Å². The summed E-state index contributed by atoms with van der Waals surface area (Å²) in [5.41, 5.74) is 0.405. The molecule has 114 valence electrons. The van der Waals surface area contributed by atoms with Gasteiger partial charge < -0.3 is 15.2 Å². The Hall–Kier alpha value is -2.09. The summed E-state index contributed by atoms with van der Waals surface area (Å²) in [5, 5.41) is 13.1. The third kappa shape index (κ3) is 6.26. The molecule has 3 N–H and O–H groups in total. The standard InChI is InChI=1S/C13H15BrN2O5/c1-21-10-6-5-8(14)7-9(10)15-13(20)16-11(17)3-2-4-12(18)19/h5-7H,2-4H2,1H3,(H,18,19)(H2,15,16,17,20). The molecule has 7 nitrogen and oxygen atoms in total. The van der Waals surface area contributed by atoms with Crippen LogP contribution in [0.15, 0.2) is 22.7 Å². The van der Waals surface area contributed by atoms with Gasteiger partial charge in [-0.05, 0) is 24.6 Å². The molecule has 0 saturated heterocycles. The molecule has 0 saturated carbocycles. The van der Waals surface area contributed by atoms with E-state index in [2.05, 4.69) is 26.6 Å². The Balaban J connectivity index is 2.52. The summed E-state index contributed by atoms with van der Waals surface area (Å²) < 4.78 is 5.83. The second-order valence-corrected chi connectivity index (χ2v) is 5.01. The van der Waals surface area contributed by atoms with Crippen LogP contribution in [0.1, 0.15) is 19.3 Å². The lowest BCUT2D eigenvalue weighted by Crippen LogP contribution is -2.34. The van der Waals surface area contributed by atoms with Crippen LogP contribution in [0.5, 0.6) is 5.75 Å². The average Bonchev–Trinajstić information content (AvgIpc) is 2.38. The fourth-order valence-corrected chi connectivity index (χ4v) is 1.88. The molecule has 0 unspecified atom stereocenters. The number of methoxy groups -OCH3 is 1. The van der Waals surface area contributed by atoms with Crippen molar-refractivity contribution < 1.29 is 24.2 Å². The van der Waals surface area contributed by atoms with E-state index in [9.17, 15) is 14.4 Å². The Morgan fingerprint density at radius 2 is 2.00 bits per heavy atom. The minimum Gasteiger partial charge on any atom is -0.495 e. The van der Waals surface area contributed by atoms with E-state index in [1.165, 1.54) is 7.11 Å². The number of carboxylic acids is 1. The zero-order valence-corrected chi connectivity index (χ0v) is 12.9. The van der Waals surface area contributed by atoms with Gasteiger partial charge in [-0.2, -0.15) is 0 Å². The number of amides is 3. The minimum absolute atomic E-state index is 0.0324. The minimum atomic E-state index is -0.980. The molecule has 0 aromatic heterocycles. The van der Waals surface area contributed by atoms with Gasteiger partial charge in [0, 0.05) is 17.3 Å². The van der Waals surface area contributed by atoms with E-state index in [1.54, 1.807) is 18.2 Å². The van der Waals surface area contributed by atoms with E-state index in [-0.39, 0.29) is 19.3 Å². The van der Waals surface area contributed by atoms with Crippen molar-refractivity contribution >= 4 is 39.5 Å². The first-order valence-corrected chi connectivity index (χ1v) is 6.88. The van der Waals surface area contributed by atoms with Crippen LogP contribution in [0, 0.1) is 0 Å². The van der Waals surface area contributed by atoms with Crippen molar-refractivity contribution in [2.75, 3.05) is 12.4 Å². The molecule has 0 atom stereocenters. The maximum atomic E-state index is 11.7. The number of carboxylic acid groups (broad SMARTS) is 1. The Kier molecular flexibility index (Phi) is 6.67. The van der Waals surface area contributed by atoms with Gasteiger partial charge in [-0.3, -0.25) is 14.9 Å². The third-order valence-corrected chi connectivity index (χ3v) is 2.95. The summed E-state index contributed by atoms with van der Waals surface area (Å²) in [5.74, 6) is -1.07. The fourth-order valence-electron chi connectivity index (χ4n) is 1.52. The van der Waals surface area contributed by atoms with Crippen LogP contribution in [0.4, 0.5) is 10.5 Å².